The van der Waals surface area contributed by atoms with Crippen molar-refractivity contribution in [3.63, 3.8) is 0 Å². The molecule has 17 heavy (non-hydrogen) atoms. The van der Waals surface area contributed by atoms with E-state index in [2.05, 4.69) is 17.6 Å². The van der Waals surface area contributed by atoms with Crippen molar-refractivity contribution in [2.24, 2.45) is 0 Å². The summed E-state index contributed by atoms with van der Waals surface area (Å²) in [4.78, 5) is 11.4. The van der Waals surface area contributed by atoms with Crippen LogP contribution in [-0.2, 0) is 9.53 Å². The molecule has 0 radical (unpaired) electrons. The van der Waals surface area contributed by atoms with E-state index in [0.717, 1.165) is 13.0 Å². The Balaban J connectivity index is 1.90. The molecule has 1 aliphatic rings. The van der Waals surface area contributed by atoms with Crippen molar-refractivity contribution in [3.05, 3.63) is 0 Å². The van der Waals surface area contributed by atoms with Gasteiger partial charge >= 0.3 is 0 Å². The molecule has 1 fully saturated rings. The summed E-state index contributed by atoms with van der Waals surface area (Å²) in [6.45, 7) is 5.93. The predicted octanol–water partition coefficient (Wildman–Crippen LogP) is 1.45. The first-order valence-corrected chi connectivity index (χ1v) is 6.84. The highest BCUT2D eigenvalue weighted by Gasteiger charge is 2.14. The van der Waals surface area contributed by atoms with E-state index < -0.39 is 0 Å². The van der Waals surface area contributed by atoms with Crippen LogP contribution in [0.15, 0.2) is 0 Å². The molecule has 1 aliphatic carbocycles. The molecule has 1 rings (SSSR count). The lowest BCUT2D eigenvalue weighted by molar-refractivity contribution is -0.120. The lowest BCUT2D eigenvalue weighted by Gasteiger charge is -2.13. The van der Waals surface area contributed by atoms with Gasteiger partial charge in [0.25, 0.3) is 0 Å². The molecule has 1 unspecified atom stereocenters. The molecule has 100 valence electrons. The molecule has 0 aromatic heterocycles. The van der Waals surface area contributed by atoms with Gasteiger partial charge in [0.05, 0.1) is 19.3 Å². The van der Waals surface area contributed by atoms with Crippen molar-refractivity contribution < 1.29 is 9.53 Å². The second kappa shape index (κ2) is 8.48. The zero-order chi connectivity index (χ0) is 12.5. The van der Waals surface area contributed by atoms with Crippen LogP contribution < -0.4 is 10.6 Å². The van der Waals surface area contributed by atoms with Crippen molar-refractivity contribution in [1.29, 1.82) is 0 Å². The molecule has 0 bridgehead atoms. The van der Waals surface area contributed by atoms with Gasteiger partial charge in [-0.05, 0) is 26.2 Å². The number of amides is 1. The third-order valence-electron chi connectivity index (χ3n) is 3.24. The molecule has 1 saturated carbocycles. The Kier molecular flexibility index (Phi) is 7.21. The largest absolute Gasteiger partial charge is 0.377 e. The standard InChI is InChI=1S/C13H26N2O2/c1-3-11(2)15-13(16)10-14-8-9-17-12-6-4-5-7-12/h11-12,14H,3-10H2,1-2H3,(H,15,16). The third kappa shape index (κ3) is 6.64. The molecule has 4 nitrogen and oxygen atoms in total. The number of hydrogen-bond donors (Lipinski definition) is 2. The second-order valence-electron chi connectivity index (χ2n) is 4.83. The number of nitrogens with one attached hydrogen (secondary N) is 2. The topological polar surface area (TPSA) is 50.4 Å². The Morgan fingerprint density at radius 3 is 2.76 bits per heavy atom. The summed E-state index contributed by atoms with van der Waals surface area (Å²) < 4.78 is 5.69. The Bertz CT molecular complexity index is 215. The van der Waals surface area contributed by atoms with Crippen molar-refractivity contribution in [2.45, 2.75) is 58.1 Å². The van der Waals surface area contributed by atoms with Gasteiger partial charge in [-0.15, -0.1) is 0 Å². The Hall–Kier alpha value is -0.610. The summed E-state index contributed by atoms with van der Waals surface area (Å²) in [5.41, 5.74) is 0. The van der Waals surface area contributed by atoms with Gasteiger partial charge in [0.1, 0.15) is 0 Å². The third-order valence-corrected chi connectivity index (χ3v) is 3.24. The quantitative estimate of drug-likeness (QED) is 0.633. The molecule has 0 heterocycles. The molecule has 0 aliphatic heterocycles. The molecule has 2 N–H and O–H groups in total. The zero-order valence-corrected chi connectivity index (χ0v) is 11.1. The molecule has 0 spiro atoms. The second-order valence-corrected chi connectivity index (χ2v) is 4.83. The first kappa shape index (κ1) is 14.5. The monoisotopic (exact) mass is 242 g/mol. The van der Waals surface area contributed by atoms with E-state index in [1.54, 1.807) is 0 Å². The SMILES string of the molecule is CCC(C)NC(=O)CNCCOC1CCCC1. The van der Waals surface area contributed by atoms with Crippen molar-refractivity contribution in [1.82, 2.24) is 10.6 Å². The van der Waals surface area contributed by atoms with Crippen LogP contribution in [0.5, 0.6) is 0 Å². The molecule has 0 saturated heterocycles. The first-order chi connectivity index (χ1) is 8.22. The average Bonchev–Trinajstić information content (AvgIpc) is 2.81. The molecule has 4 heteroatoms. The first-order valence-electron chi connectivity index (χ1n) is 6.84. The Morgan fingerprint density at radius 1 is 1.41 bits per heavy atom. The summed E-state index contributed by atoms with van der Waals surface area (Å²) in [6, 6.07) is 0.263. The maximum atomic E-state index is 11.4. The highest BCUT2D eigenvalue weighted by atomic mass is 16.5. The van der Waals surface area contributed by atoms with E-state index in [0.29, 0.717) is 19.3 Å². The number of carbonyl (C=O) groups is 1. The summed E-state index contributed by atoms with van der Waals surface area (Å²) in [7, 11) is 0. The highest BCUT2D eigenvalue weighted by Crippen LogP contribution is 2.20. The lowest BCUT2D eigenvalue weighted by atomic mass is 10.2. The van der Waals surface area contributed by atoms with Gasteiger partial charge in [-0.3, -0.25) is 4.79 Å². The number of rotatable bonds is 8. The minimum atomic E-state index is 0.0696. The van der Waals surface area contributed by atoms with E-state index in [4.69, 9.17) is 4.74 Å². The molecular weight excluding hydrogens is 216 g/mol. The van der Waals surface area contributed by atoms with E-state index in [1.807, 2.05) is 6.92 Å². The molecule has 1 amide bonds. The van der Waals surface area contributed by atoms with E-state index >= 15 is 0 Å². The molecule has 1 atom stereocenters. The van der Waals surface area contributed by atoms with Crippen LogP contribution in [0.4, 0.5) is 0 Å². The summed E-state index contributed by atoms with van der Waals surface area (Å²) in [6.07, 6.45) is 6.44. The maximum Gasteiger partial charge on any atom is 0.234 e. The maximum absolute atomic E-state index is 11.4. The van der Waals surface area contributed by atoms with Gasteiger partial charge in [-0.1, -0.05) is 19.8 Å². The molecule has 0 aromatic carbocycles. The van der Waals surface area contributed by atoms with E-state index in [1.165, 1.54) is 25.7 Å². The fraction of sp³-hybridized carbons (Fsp3) is 0.923. The van der Waals surface area contributed by atoms with Gasteiger partial charge in [0.15, 0.2) is 0 Å². The highest BCUT2D eigenvalue weighted by molar-refractivity contribution is 5.78. The number of hydrogen-bond acceptors (Lipinski definition) is 3. The van der Waals surface area contributed by atoms with Gasteiger partial charge in [0.2, 0.25) is 5.91 Å². The van der Waals surface area contributed by atoms with Crippen LogP contribution in [0, 0.1) is 0 Å². The van der Waals surface area contributed by atoms with Crippen LogP contribution in [0.3, 0.4) is 0 Å². The van der Waals surface area contributed by atoms with Crippen LogP contribution in [0.2, 0.25) is 0 Å². The summed E-state index contributed by atoms with van der Waals surface area (Å²) >= 11 is 0. The fourth-order valence-electron chi connectivity index (χ4n) is 1.98. The van der Waals surface area contributed by atoms with Gasteiger partial charge < -0.3 is 15.4 Å². The summed E-state index contributed by atoms with van der Waals surface area (Å²) in [5.74, 6) is 0.0696. The zero-order valence-electron chi connectivity index (χ0n) is 11.1. The van der Waals surface area contributed by atoms with Crippen LogP contribution >= 0.6 is 0 Å². The number of carbonyl (C=O) groups excluding carboxylic acids is 1. The number of ether oxygens (including phenoxy) is 1. The Labute approximate surface area is 104 Å². The normalized spacial score (nSPS) is 18.2. The van der Waals surface area contributed by atoms with Crippen LogP contribution in [0.1, 0.15) is 46.0 Å². The van der Waals surface area contributed by atoms with E-state index in [9.17, 15) is 4.79 Å². The van der Waals surface area contributed by atoms with Gasteiger partial charge in [-0.25, -0.2) is 0 Å². The van der Waals surface area contributed by atoms with Crippen molar-refractivity contribution >= 4 is 5.91 Å². The molecular formula is C13H26N2O2. The minimum Gasteiger partial charge on any atom is -0.377 e. The Morgan fingerprint density at radius 2 is 2.12 bits per heavy atom. The van der Waals surface area contributed by atoms with Crippen molar-refractivity contribution in [3.8, 4) is 0 Å². The van der Waals surface area contributed by atoms with E-state index in [-0.39, 0.29) is 11.9 Å². The minimum absolute atomic E-state index is 0.0696. The van der Waals surface area contributed by atoms with Crippen LogP contribution in [-0.4, -0.2) is 37.7 Å². The molecule has 0 aromatic rings. The lowest BCUT2D eigenvalue weighted by Crippen LogP contribution is -2.39. The fourth-order valence-corrected chi connectivity index (χ4v) is 1.98. The average molecular weight is 242 g/mol. The van der Waals surface area contributed by atoms with Gasteiger partial charge in [0, 0.05) is 12.6 Å². The predicted molar refractivity (Wildman–Crippen MR) is 69.0 cm³/mol. The summed E-state index contributed by atoms with van der Waals surface area (Å²) in [5, 5.41) is 6.02. The smallest absolute Gasteiger partial charge is 0.234 e. The van der Waals surface area contributed by atoms with Gasteiger partial charge in [-0.2, -0.15) is 0 Å². The van der Waals surface area contributed by atoms with Crippen LogP contribution in [0.25, 0.3) is 0 Å². The van der Waals surface area contributed by atoms with Crippen molar-refractivity contribution in [2.75, 3.05) is 19.7 Å².